The lowest BCUT2D eigenvalue weighted by atomic mass is 10.3. The van der Waals surface area contributed by atoms with Crippen LogP contribution in [0.4, 0.5) is 4.39 Å². The van der Waals surface area contributed by atoms with Crippen LogP contribution in [0.15, 0.2) is 34.9 Å². The van der Waals surface area contributed by atoms with Crippen LogP contribution >= 0.6 is 11.6 Å². The molecule has 96 valence electrons. The zero-order valence-corrected chi connectivity index (χ0v) is 10.6. The lowest BCUT2D eigenvalue weighted by Gasteiger charge is -2.05. The van der Waals surface area contributed by atoms with Gasteiger partial charge in [0.05, 0.1) is 11.3 Å². The van der Waals surface area contributed by atoms with Gasteiger partial charge in [-0.05, 0) is 25.2 Å². The number of benzene rings is 1. The van der Waals surface area contributed by atoms with Crippen molar-refractivity contribution in [2.24, 2.45) is 0 Å². The van der Waals surface area contributed by atoms with Crippen LogP contribution in [0, 0.1) is 5.82 Å². The molecule has 0 aliphatic rings. The van der Waals surface area contributed by atoms with Gasteiger partial charge < -0.3 is 14.5 Å². The summed E-state index contributed by atoms with van der Waals surface area (Å²) >= 11 is 5.65. The van der Waals surface area contributed by atoms with E-state index in [2.05, 4.69) is 5.32 Å². The number of furan rings is 1. The number of rotatable bonds is 5. The molecule has 1 aromatic carbocycles. The summed E-state index contributed by atoms with van der Waals surface area (Å²) in [6.07, 6.45) is 1.64. The second-order valence-corrected chi connectivity index (χ2v) is 4.20. The van der Waals surface area contributed by atoms with Crippen molar-refractivity contribution in [3.05, 3.63) is 52.7 Å². The first-order chi connectivity index (χ1) is 8.70. The zero-order valence-electron chi connectivity index (χ0n) is 9.87. The fourth-order valence-corrected chi connectivity index (χ4v) is 1.71. The second kappa shape index (κ2) is 5.89. The molecule has 0 aliphatic carbocycles. The van der Waals surface area contributed by atoms with Gasteiger partial charge in [0.15, 0.2) is 11.6 Å². The Kier molecular flexibility index (Phi) is 4.23. The summed E-state index contributed by atoms with van der Waals surface area (Å²) in [6, 6.07) is 6.49. The third-order valence-corrected chi connectivity index (χ3v) is 2.67. The molecule has 2 rings (SSSR count). The predicted octanol–water partition coefficient (Wildman–Crippen LogP) is 3.37. The van der Waals surface area contributed by atoms with Crippen LogP contribution in [-0.2, 0) is 13.2 Å². The number of ether oxygens (including phenoxy) is 1. The Hall–Kier alpha value is -1.52. The Morgan fingerprint density at radius 3 is 3.06 bits per heavy atom. The first-order valence-corrected chi connectivity index (χ1v) is 5.86. The molecule has 0 saturated carbocycles. The van der Waals surface area contributed by atoms with E-state index in [-0.39, 0.29) is 17.4 Å². The van der Waals surface area contributed by atoms with Crippen molar-refractivity contribution in [3.63, 3.8) is 0 Å². The van der Waals surface area contributed by atoms with Gasteiger partial charge in [-0.3, -0.25) is 0 Å². The van der Waals surface area contributed by atoms with Crippen LogP contribution in [0.5, 0.6) is 5.75 Å². The summed E-state index contributed by atoms with van der Waals surface area (Å²) in [5, 5.41) is 3.05. The number of nitrogens with one attached hydrogen (secondary N) is 1. The molecule has 2 aromatic rings. The van der Waals surface area contributed by atoms with E-state index < -0.39 is 5.82 Å². The van der Waals surface area contributed by atoms with Gasteiger partial charge >= 0.3 is 0 Å². The summed E-state index contributed by atoms with van der Waals surface area (Å²) in [7, 11) is 1.85. The molecular formula is C13H13ClFNO2. The van der Waals surface area contributed by atoms with Crippen LogP contribution in [0.2, 0.25) is 5.02 Å². The molecule has 0 spiro atoms. The van der Waals surface area contributed by atoms with E-state index in [1.165, 1.54) is 12.1 Å². The smallest absolute Gasteiger partial charge is 0.183 e. The fourth-order valence-electron chi connectivity index (χ4n) is 1.54. The normalized spacial score (nSPS) is 10.6. The third kappa shape index (κ3) is 3.03. The van der Waals surface area contributed by atoms with Crippen LogP contribution in [0.25, 0.3) is 0 Å². The molecule has 0 saturated heterocycles. The summed E-state index contributed by atoms with van der Waals surface area (Å²) < 4.78 is 24.1. The van der Waals surface area contributed by atoms with E-state index in [1.807, 2.05) is 13.1 Å². The molecule has 18 heavy (non-hydrogen) atoms. The molecule has 0 amide bonds. The highest BCUT2D eigenvalue weighted by Crippen LogP contribution is 2.25. The lowest BCUT2D eigenvalue weighted by molar-refractivity contribution is 0.258. The largest absolute Gasteiger partial charge is 0.483 e. The van der Waals surface area contributed by atoms with Gasteiger partial charge in [-0.1, -0.05) is 17.7 Å². The number of hydrogen-bond donors (Lipinski definition) is 1. The van der Waals surface area contributed by atoms with E-state index in [9.17, 15) is 4.39 Å². The van der Waals surface area contributed by atoms with Crippen LogP contribution in [0.3, 0.4) is 0 Å². The van der Waals surface area contributed by atoms with E-state index >= 15 is 0 Å². The average molecular weight is 270 g/mol. The Bertz CT molecular complexity index is 527. The van der Waals surface area contributed by atoms with Crippen molar-refractivity contribution < 1.29 is 13.5 Å². The van der Waals surface area contributed by atoms with Crippen molar-refractivity contribution >= 4 is 11.6 Å². The van der Waals surface area contributed by atoms with Gasteiger partial charge in [0, 0.05) is 12.1 Å². The van der Waals surface area contributed by atoms with Gasteiger partial charge in [-0.2, -0.15) is 0 Å². The van der Waals surface area contributed by atoms with Crippen LogP contribution < -0.4 is 10.1 Å². The summed E-state index contributed by atoms with van der Waals surface area (Å²) in [5.74, 6) is 0.204. The highest BCUT2D eigenvalue weighted by molar-refractivity contribution is 6.30. The molecule has 1 aromatic heterocycles. The third-order valence-electron chi connectivity index (χ3n) is 2.38. The number of hydrogen-bond acceptors (Lipinski definition) is 3. The molecule has 1 N–H and O–H groups in total. The molecule has 0 fully saturated rings. The zero-order chi connectivity index (χ0) is 13.0. The first kappa shape index (κ1) is 12.9. The highest BCUT2D eigenvalue weighted by atomic mass is 35.5. The minimum atomic E-state index is -0.554. The molecule has 5 heteroatoms. The van der Waals surface area contributed by atoms with Crippen molar-refractivity contribution in [3.8, 4) is 5.75 Å². The predicted molar refractivity (Wildman–Crippen MR) is 67.2 cm³/mol. The molecular weight excluding hydrogens is 257 g/mol. The Morgan fingerprint density at radius 1 is 1.44 bits per heavy atom. The van der Waals surface area contributed by atoms with Gasteiger partial charge in [-0.15, -0.1) is 0 Å². The molecule has 1 heterocycles. The van der Waals surface area contributed by atoms with Crippen molar-refractivity contribution in [1.82, 2.24) is 5.32 Å². The maximum absolute atomic E-state index is 13.5. The van der Waals surface area contributed by atoms with Gasteiger partial charge in [0.25, 0.3) is 0 Å². The summed E-state index contributed by atoms with van der Waals surface area (Å²) in [6.45, 7) is 0.885. The molecule has 0 aliphatic heterocycles. The van der Waals surface area contributed by atoms with Crippen molar-refractivity contribution in [1.29, 1.82) is 0 Å². The SMILES string of the molecule is CNCc1coc(COc2cccc(Cl)c2F)c1. The Morgan fingerprint density at radius 2 is 2.28 bits per heavy atom. The molecule has 0 radical (unpaired) electrons. The first-order valence-electron chi connectivity index (χ1n) is 5.48. The summed E-state index contributed by atoms with van der Waals surface area (Å²) in [4.78, 5) is 0. The molecule has 0 atom stereocenters. The maximum atomic E-state index is 13.5. The van der Waals surface area contributed by atoms with E-state index in [4.69, 9.17) is 20.8 Å². The highest BCUT2D eigenvalue weighted by Gasteiger charge is 2.08. The topological polar surface area (TPSA) is 34.4 Å². The molecule has 0 unspecified atom stereocenters. The lowest BCUT2D eigenvalue weighted by Crippen LogP contribution is -2.03. The van der Waals surface area contributed by atoms with Gasteiger partial charge in [0.2, 0.25) is 0 Å². The van der Waals surface area contributed by atoms with Crippen LogP contribution in [-0.4, -0.2) is 7.05 Å². The van der Waals surface area contributed by atoms with Crippen LogP contribution in [0.1, 0.15) is 11.3 Å². The second-order valence-electron chi connectivity index (χ2n) is 3.79. The molecule has 0 bridgehead atoms. The maximum Gasteiger partial charge on any atom is 0.183 e. The van der Waals surface area contributed by atoms with Gasteiger partial charge in [-0.25, -0.2) is 4.39 Å². The standard InChI is InChI=1S/C13H13ClFNO2/c1-16-6-9-5-10(17-7-9)8-18-12-4-2-3-11(14)13(12)15/h2-5,7,16H,6,8H2,1H3. The van der Waals surface area contributed by atoms with E-state index in [0.717, 1.165) is 12.1 Å². The van der Waals surface area contributed by atoms with Crippen molar-refractivity contribution in [2.45, 2.75) is 13.2 Å². The van der Waals surface area contributed by atoms with Crippen molar-refractivity contribution in [2.75, 3.05) is 7.05 Å². The molecule has 3 nitrogen and oxygen atoms in total. The van der Waals surface area contributed by atoms with Gasteiger partial charge in [0.1, 0.15) is 12.4 Å². The van der Waals surface area contributed by atoms with E-state index in [1.54, 1.807) is 12.3 Å². The Labute approximate surface area is 110 Å². The monoisotopic (exact) mass is 269 g/mol. The Balaban J connectivity index is 2.00. The fraction of sp³-hybridized carbons (Fsp3) is 0.231. The quantitative estimate of drug-likeness (QED) is 0.904. The van der Waals surface area contributed by atoms with E-state index in [0.29, 0.717) is 5.76 Å². The minimum Gasteiger partial charge on any atom is -0.483 e. The minimum absolute atomic E-state index is 0.0443. The number of halogens is 2. The average Bonchev–Trinajstić information content (AvgIpc) is 2.79. The summed E-state index contributed by atoms with van der Waals surface area (Å²) in [5.41, 5.74) is 1.02.